The highest BCUT2D eigenvalue weighted by Gasteiger charge is 2.19. The van der Waals surface area contributed by atoms with Crippen LogP contribution in [0.4, 0.5) is 0 Å². The highest BCUT2D eigenvalue weighted by atomic mass is 35.7. The van der Waals surface area contributed by atoms with Gasteiger partial charge in [-0.1, -0.05) is 186 Å². The van der Waals surface area contributed by atoms with Crippen molar-refractivity contribution in [2.45, 2.75) is 205 Å². The van der Waals surface area contributed by atoms with Gasteiger partial charge in [0.05, 0.1) is 0 Å². The molecule has 0 saturated heterocycles. The molecule has 0 nitrogen and oxygen atoms in total. The summed E-state index contributed by atoms with van der Waals surface area (Å²) in [6.45, 7) is 0.201. The molecule has 224 valence electrons. The summed E-state index contributed by atoms with van der Waals surface area (Å²) in [5.41, 5.74) is 0. The van der Waals surface area contributed by atoms with Gasteiger partial charge in [0.1, 0.15) is 0 Å². The van der Waals surface area contributed by atoms with Crippen molar-refractivity contribution in [3.63, 3.8) is 0 Å². The summed E-state index contributed by atoms with van der Waals surface area (Å²) in [5.74, 6) is 1.07. The molecule has 0 aliphatic rings. The lowest BCUT2D eigenvalue weighted by molar-refractivity contribution is 0.513. The standard InChI is InChI=1S/C33H68Cl2SSi/c1-37(34,35)33-31-29-27-25-23-21-19-17-15-13-11-9-7-5-3-2-4-6-8-10-12-14-16-18-20-22-24-26-28-30-32-36/h36H,2-33H2,1H3. The third-order valence-electron chi connectivity index (χ3n) is 8.02. The Labute approximate surface area is 251 Å². The maximum atomic E-state index is 6.16. The molecule has 37 heavy (non-hydrogen) atoms. The topological polar surface area (TPSA) is 0 Å². The average Bonchev–Trinajstić information content (AvgIpc) is 2.86. The SMILES string of the molecule is C[Si](Cl)(Cl)CCCCCCCCCCCCCCCCCCCCCCCCCCCCCCCCS. The zero-order chi connectivity index (χ0) is 27.1. The molecule has 4 heteroatoms. The van der Waals surface area contributed by atoms with Gasteiger partial charge in [0.15, 0.2) is 0 Å². The van der Waals surface area contributed by atoms with Gasteiger partial charge in [-0.25, -0.2) is 0 Å². The van der Waals surface area contributed by atoms with Crippen LogP contribution in [-0.2, 0) is 0 Å². The van der Waals surface area contributed by atoms with E-state index in [4.69, 9.17) is 22.2 Å². The van der Waals surface area contributed by atoms with Crippen molar-refractivity contribution in [3.8, 4) is 0 Å². The predicted molar refractivity (Wildman–Crippen MR) is 180 cm³/mol. The molecule has 0 aliphatic heterocycles. The Bertz CT molecular complexity index is 414. The van der Waals surface area contributed by atoms with E-state index in [1.807, 2.05) is 6.55 Å². The first-order chi connectivity index (χ1) is 18.1. The molecule has 0 fully saturated rings. The number of thiol groups is 1. The smallest absolute Gasteiger partial charge is 0.179 e. The second-order valence-corrected chi connectivity index (χ2v) is 20.8. The minimum atomic E-state index is -1.84. The minimum Gasteiger partial charge on any atom is -0.179 e. The molecule has 0 amide bonds. The van der Waals surface area contributed by atoms with Crippen LogP contribution < -0.4 is 0 Å². The zero-order valence-corrected chi connectivity index (χ0v) is 28.7. The van der Waals surface area contributed by atoms with Crippen LogP contribution in [0.2, 0.25) is 12.6 Å². The number of hydrogen-bond donors (Lipinski definition) is 1. The third-order valence-corrected chi connectivity index (χ3v) is 10.7. The van der Waals surface area contributed by atoms with Gasteiger partial charge in [-0.3, -0.25) is 0 Å². The molecule has 0 aromatic heterocycles. The van der Waals surface area contributed by atoms with Crippen LogP contribution in [0.1, 0.15) is 193 Å². The van der Waals surface area contributed by atoms with Gasteiger partial charge in [-0.2, -0.15) is 12.6 Å². The van der Waals surface area contributed by atoms with Gasteiger partial charge < -0.3 is 0 Å². The van der Waals surface area contributed by atoms with E-state index >= 15 is 0 Å². The number of unbranched alkanes of at least 4 members (excludes halogenated alkanes) is 29. The number of halogens is 2. The maximum Gasteiger partial charge on any atom is 0.248 e. The molecule has 0 rings (SSSR count). The van der Waals surface area contributed by atoms with E-state index < -0.39 is 6.69 Å². The molecule has 0 N–H and O–H groups in total. The fourth-order valence-corrected chi connectivity index (χ4v) is 7.39. The third kappa shape index (κ3) is 37.1. The normalized spacial score (nSPS) is 12.0. The van der Waals surface area contributed by atoms with E-state index in [1.165, 1.54) is 193 Å². The second-order valence-electron chi connectivity index (χ2n) is 12.2. The highest BCUT2D eigenvalue weighted by Crippen LogP contribution is 2.23. The van der Waals surface area contributed by atoms with Crippen LogP contribution in [0.15, 0.2) is 0 Å². The highest BCUT2D eigenvalue weighted by molar-refractivity contribution is 7.80. The summed E-state index contributed by atoms with van der Waals surface area (Å²) in [7, 11) is 0. The summed E-state index contributed by atoms with van der Waals surface area (Å²) >= 11 is 16.6. The van der Waals surface area contributed by atoms with Crippen molar-refractivity contribution in [2.24, 2.45) is 0 Å². The van der Waals surface area contributed by atoms with Crippen LogP contribution in [0.3, 0.4) is 0 Å². The Hall–Kier alpha value is 1.15. The van der Waals surface area contributed by atoms with E-state index in [1.54, 1.807) is 0 Å². The first kappa shape index (κ1) is 38.1. The summed E-state index contributed by atoms with van der Waals surface area (Å²) < 4.78 is 0. The summed E-state index contributed by atoms with van der Waals surface area (Å²) in [4.78, 5) is 0. The van der Waals surface area contributed by atoms with Gasteiger partial charge in [0, 0.05) is 0 Å². The van der Waals surface area contributed by atoms with Crippen molar-refractivity contribution >= 4 is 41.5 Å². The van der Waals surface area contributed by atoms with Crippen LogP contribution in [0.5, 0.6) is 0 Å². The summed E-state index contributed by atoms with van der Waals surface area (Å²) in [5, 5.41) is 0. The molecule has 0 saturated carbocycles. The molecular weight excluding hydrogens is 527 g/mol. The lowest BCUT2D eigenvalue weighted by Gasteiger charge is -2.09. The van der Waals surface area contributed by atoms with Crippen molar-refractivity contribution in [2.75, 3.05) is 5.75 Å². The van der Waals surface area contributed by atoms with Gasteiger partial charge in [-0.05, 0) is 24.8 Å². The molecule has 0 unspecified atom stereocenters. The lowest BCUT2D eigenvalue weighted by atomic mass is 10.0. The van der Waals surface area contributed by atoms with E-state index in [0.29, 0.717) is 0 Å². The van der Waals surface area contributed by atoms with Crippen molar-refractivity contribution in [3.05, 3.63) is 0 Å². The van der Waals surface area contributed by atoms with Gasteiger partial charge in [-0.15, -0.1) is 22.2 Å². The summed E-state index contributed by atoms with van der Waals surface area (Å²) in [6.07, 6.45) is 43.2. The Morgan fingerprint density at radius 2 is 0.486 bits per heavy atom. The van der Waals surface area contributed by atoms with E-state index in [2.05, 4.69) is 12.6 Å². The van der Waals surface area contributed by atoms with E-state index in [9.17, 15) is 0 Å². The Morgan fingerprint density at radius 1 is 0.324 bits per heavy atom. The van der Waals surface area contributed by atoms with Gasteiger partial charge in [0.2, 0.25) is 6.69 Å². The zero-order valence-electron chi connectivity index (χ0n) is 25.3. The molecule has 0 aromatic carbocycles. The van der Waals surface area contributed by atoms with Crippen molar-refractivity contribution in [1.29, 1.82) is 0 Å². The fraction of sp³-hybridized carbons (Fsp3) is 1.00. The minimum absolute atomic E-state index is 1.06. The van der Waals surface area contributed by atoms with Crippen LogP contribution in [-0.4, -0.2) is 12.4 Å². The first-order valence-electron chi connectivity index (χ1n) is 17.0. The van der Waals surface area contributed by atoms with Gasteiger partial charge >= 0.3 is 0 Å². The first-order valence-corrected chi connectivity index (χ1v) is 22.4. The molecule has 0 atom stereocenters. The second kappa shape index (κ2) is 31.7. The summed E-state index contributed by atoms with van der Waals surface area (Å²) in [6, 6.07) is 1.06. The monoisotopic (exact) mass is 594 g/mol. The lowest BCUT2D eigenvalue weighted by Crippen LogP contribution is -2.11. The number of rotatable bonds is 32. The van der Waals surface area contributed by atoms with Crippen molar-refractivity contribution < 1.29 is 0 Å². The van der Waals surface area contributed by atoms with Crippen molar-refractivity contribution in [1.82, 2.24) is 0 Å². The van der Waals surface area contributed by atoms with E-state index in [-0.39, 0.29) is 0 Å². The van der Waals surface area contributed by atoms with Crippen LogP contribution >= 0.6 is 34.8 Å². The van der Waals surface area contributed by atoms with E-state index in [0.717, 1.165) is 11.8 Å². The maximum absolute atomic E-state index is 6.16. The predicted octanol–water partition coefficient (Wildman–Crippen LogP) is 14.2. The largest absolute Gasteiger partial charge is 0.248 e. The molecule has 0 aromatic rings. The molecule has 0 heterocycles. The molecular formula is C33H68Cl2SSi. The molecule has 0 aliphatic carbocycles. The average molecular weight is 596 g/mol. The van der Waals surface area contributed by atoms with Crippen LogP contribution in [0.25, 0.3) is 0 Å². The fourth-order valence-electron chi connectivity index (χ4n) is 5.50. The molecule has 0 radical (unpaired) electrons. The molecule has 0 spiro atoms. The quantitative estimate of drug-likeness (QED) is 0.0340. The Balaban J connectivity index is 3.04. The van der Waals surface area contributed by atoms with Crippen LogP contribution in [0, 0.1) is 0 Å². The Kier molecular flexibility index (Phi) is 32.7. The Morgan fingerprint density at radius 3 is 0.649 bits per heavy atom. The number of hydrogen-bond acceptors (Lipinski definition) is 1. The van der Waals surface area contributed by atoms with Gasteiger partial charge in [0.25, 0.3) is 0 Å². The molecule has 0 bridgehead atoms.